The van der Waals surface area contributed by atoms with Gasteiger partial charge in [0, 0.05) is 29.8 Å². The summed E-state index contributed by atoms with van der Waals surface area (Å²) >= 11 is 6.15. The molecule has 0 radical (unpaired) electrons. The molecule has 0 bridgehead atoms. The van der Waals surface area contributed by atoms with Gasteiger partial charge in [-0.2, -0.15) is 0 Å². The van der Waals surface area contributed by atoms with Gasteiger partial charge in [0.2, 0.25) is 5.91 Å². The van der Waals surface area contributed by atoms with Crippen molar-refractivity contribution in [2.45, 2.75) is 19.5 Å². The van der Waals surface area contributed by atoms with Crippen LogP contribution in [0.1, 0.15) is 12.5 Å². The van der Waals surface area contributed by atoms with Gasteiger partial charge in [0.15, 0.2) is 0 Å². The summed E-state index contributed by atoms with van der Waals surface area (Å²) in [5.41, 5.74) is 1.00. The molecule has 0 aliphatic carbocycles. The molecule has 0 aliphatic heterocycles. The van der Waals surface area contributed by atoms with E-state index in [0.29, 0.717) is 27.8 Å². The number of anilines is 1. The van der Waals surface area contributed by atoms with Crippen molar-refractivity contribution in [3.05, 3.63) is 57.1 Å². The van der Waals surface area contributed by atoms with Crippen LogP contribution in [0.15, 0.2) is 36.4 Å². The molecule has 0 aromatic heterocycles. The van der Waals surface area contributed by atoms with E-state index in [0.717, 1.165) is 0 Å². The molecule has 0 aliphatic rings. The fourth-order valence-electron chi connectivity index (χ4n) is 2.55. The Morgan fingerprint density at radius 1 is 1.25 bits per heavy atom. The maximum atomic E-state index is 12.7. The molecule has 8 nitrogen and oxygen atoms in total. The number of rotatable bonds is 8. The zero-order valence-electron chi connectivity index (χ0n) is 16.1. The average molecular weight is 408 g/mol. The summed E-state index contributed by atoms with van der Waals surface area (Å²) in [4.78, 5) is 24.9. The summed E-state index contributed by atoms with van der Waals surface area (Å²) < 4.78 is 10.4. The predicted octanol–water partition coefficient (Wildman–Crippen LogP) is 3.72. The largest absolute Gasteiger partial charge is 0.497 e. The summed E-state index contributed by atoms with van der Waals surface area (Å²) in [6, 6.07) is 8.80. The van der Waals surface area contributed by atoms with E-state index in [1.54, 1.807) is 37.1 Å². The Morgan fingerprint density at radius 2 is 1.96 bits per heavy atom. The Hall–Kier alpha value is -2.84. The summed E-state index contributed by atoms with van der Waals surface area (Å²) in [6.45, 7) is 2.00. The second kappa shape index (κ2) is 9.38. The van der Waals surface area contributed by atoms with Gasteiger partial charge in [0.1, 0.15) is 11.5 Å². The predicted molar refractivity (Wildman–Crippen MR) is 107 cm³/mol. The minimum absolute atomic E-state index is 0.0500. The maximum Gasteiger partial charge on any atom is 0.269 e. The summed E-state index contributed by atoms with van der Waals surface area (Å²) in [5, 5.41) is 14.2. The third-order valence-corrected chi connectivity index (χ3v) is 4.73. The average Bonchev–Trinajstić information content (AvgIpc) is 2.68. The molecule has 1 atom stereocenters. The highest BCUT2D eigenvalue weighted by atomic mass is 35.5. The number of hydrogen-bond acceptors (Lipinski definition) is 6. The summed E-state index contributed by atoms with van der Waals surface area (Å²) in [6.07, 6.45) is 0. The van der Waals surface area contributed by atoms with E-state index in [4.69, 9.17) is 21.1 Å². The van der Waals surface area contributed by atoms with Gasteiger partial charge in [-0.05, 0) is 37.7 Å². The molecule has 9 heteroatoms. The zero-order chi connectivity index (χ0) is 20.8. The number of benzene rings is 2. The number of nitrogens with zero attached hydrogens (tertiary/aromatic N) is 2. The normalized spacial score (nSPS) is 11.8. The number of nitro groups is 1. The van der Waals surface area contributed by atoms with Crippen LogP contribution in [0.4, 0.5) is 11.4 Å². The van der Waals surface area contributed by atoms with Gasteiger partial charge in [0.25, 0.3) is 5.69 Å². The molecule has 2 aromatic rings. The highest BCUT2D eigenvalue weighted by Gasteiger charge is 2.21. The molecule has 28 heavy (non-hydrogen) atoms. The number of hydrogen-bond donors (Lipinski definition) is 1. The van der Waals surface area contributed by atoms with Crippen molar-refractivity contribution in [3.8, 4) is 11.5 Å². The fourth-order valence-corrected chi connectivity index (χ4v) is 2.73. The number of carbonyl (C=O) groups excluding carboxylic acids is 1. The van der Waals surface area contributed by atoms with Gasteiger partial charge >= 0.3 is 0 Å². The third kappa shape index (κ3) is 5.11. The molecule has 150 valence electrons. The molecule has 0 spiro atoms. The number of methoxy groups -OCH3 is 2. The SMILES string of the molecule is COc1ccc(OC)c(NC(=O)C(C)N(C)Cc2cc([N+](=O)[O-])ccc2Cl)c1. The van der Waals surface area contributed by atoms with Gasteiger partial charge in [-0.15, -0.1) is 0 Å². The molecule has 1 unspecified atom stereocenters. The Bertz CT molecular complexity index is 875. The lowest BCUT2D eigenvalue weighted by Crippen LogP contribution is -2.39. The van der Waals surface area contributed by atoms with Crippen molar-refractivity contribution >= 4 is 28.9 Å². The summed E-state index contributed by atoms with van der Waals surface area (Å²) in [7, 11) is 4.78. The van der Waals surface area contributed by atoms with Crippen molar-refractivity contribution in [1.82, 2.24) is 4.90 Å². The minimum atomic E-state index is -0.536. The number of amides is 1. The van der Waals surface area contributed by atoms with E-state index in [1.165, 1.54) is 32.4 Å². The standard InChI is InChI=1S/C19H22ClN3O5/c1-12(19(24)21-17-10-15(27-3)6-8-18(17)28-4)22(2)11-13-9-14(23(25)26)5-7-16(13)20/h5-10,12H,11H2,1-4H3,(H,21,24). The van der Waals surface area contributed by atoms with Gasteiger partial charge in [-0.3, -0.25) is 19.8 Å². The lowest BCUT2D eigenvalue weighted by molar-refractivity contribution is -0.384. The zero-order valence-corrected chi connectivity index (χ0v) is 16.8. The van der Waals surface area contributed by atoms with Crippen LogP contribution in [0.5, 0.6) is 11.5 Å². The van der Waals surface area contributed by atoms with Crippen LogP contribution in [0.25, 0.3) is 0 Å². The van der Waals surface area contributed by atoms with Crippen LogP contribution in [0.2, 0.25) is 5.02 Å². The lowest BCUT2D eigenvalue weighted by atomic mass is 10.1. The van der Waals surface area contributed by atoms with E-state index in [9.17, 15) is 14.9 Å². The van der Waals surface area contributed by atoms with Gasteiger partial charge in [-0.25, -0.2) is 0 Å². The first-order valence-electron chi connectivity index (χ1n) is 8.42. The molecule has 0 saturated carbocycles. The molecular weight excluding hydrogens is 386 g/mol. The smallest absolute Gasteiger partial charge is 0.269 e. The highest BCUT2D eigenvalue weighted by molar-refractivity contribution is 6.31. The van der Waals surface area contributed by atoms with Crippen LogP contribution < -0.4 is 14.8 Å². The monoisotopic (exact) mass is 407 g/mol. The maximum absolute atomic E-state index is 12.7. The quantitative estimate of drug-likeness (QED) is 0.529. The van der Waals surface area contributed by atoms with Crippen molar-refractivity contribution < 1.29 is 19.2 Å². The Kier molecular flexibility index (Phi) is 7.19. The Morgan fingerprint density at radius 3 is 2.57 bits per heavy atom. The van der Waals surface area contributed by atoms with Crippen molar-refractivity contribution in [2.75, 3.05) is 26.6 Å². The van der Waals surface area contributed by atoms with E-state index in [2.05, 4.69) is 5.32 Å². The first-order valence-corrected chi connectivity index (χ1v) is 8.80. The van der Waals surface area contributed by atoms with Crippen LogP contribution in [-0.2, 0) is 11.3 Å². The van der Waals surface area contributed by atoms with Crippen LogP contribution in [0.3, 0.4) is 0 Å². The summed E-state index contributed by atoms with van der Waals surface area (Å²) in [5.74, 6) is 0.821. The first-order chi connectivity index (χ1) is 13.3. The van der Waals surface area contributed by atoms with E-state index < -0.39 is 11.0 Å². The van der Waals surface area contributed by atoms with E-state index in [1.807, 2.05) is 0 Å². The fraction of sp³-hybridized carbons (Fsp3) is 0.316. The third-order valence-electron chi connectivity index (χ3n) is 4.36. The molecule has 0 saturated heterocycles. The number of likely N-dealkylation sites (N-methyl/N-ethyl adjacent to an activating group) is 1. The van der Waals surface area contributed by atoms with Crippen molar-refractivity contribution in [2.24, 2.45) is 0 Å². The van der Waals surface area contributed by atoms with Crippen molar-refractivity contribution in [1.29, 1.82) is 0 Å². The van der Waals surface area contributed by atoms with Crippen LogP contribution in [-0.4, -0.2) is 43.0 Å². The molecule has 0 fully saturated rings. The van der Waals surface area contributed by atoms with Gasteiger partial charge in [0.05, 0.1) is 30.9 Å². The molecule has 1 N–H and O–H groups in total. The van der Waals surface area contributed by atoms with Gasteiger partial charge in [-0.1, -0.05) is 11.6 Å². The second-order valence-electron chi connectivity index (χ2n) is 6.18. The Labute approximate surface area is 168 Å². The van der Waals surface area contributed by atoms with E-state index in [-0.39, 0.29) is 18.1 Å². The van der Waals surface area contributed by atoms with Crippen molar-refractivity contribution in [3.63, 3.8) is 0 Å². The first kappa shape index (κ1) is 21.5. The van der Waals surface area contributed by atoms with Gasteiger partial charge < -0.3 is 14.8 Å². The number of nitro benzene ring substituents is 1. The highest BCUT2D eigenvalue weighted by Crippen LogP contribution is 2.29. The topological polar surface area (TPSA) is 93.9 Å². The molecular formula is C19H22ClN3O5. The second-order valence-corrected chi connectivity index (χ2v) is 6.59. The number of carbonyl (C=O) groups is 1. The number of nitrogens with one attached hydrogen (secondary N) is 1. The molecule has 2 rings (SSSR count). The molecule has 0 heterocycles. The number of ether oxygens (including phenoxy) is 2. The Balaban J connectivity index is 2.13. The van der Waals surface area contributed by atoms with Crippen LogP contribution >= 0.6 is 11.6 Å². The number of halogens is 1. The minimum Gasteiger partial charge on any atom is -0.497 e. The number of non-ortho nitro benzene ring substituents is 1. The molecule has 1 amide bonds. The molecule has 2 aromatic carbocycles. The van der Waals surface area contributed by atoms with Crippen LogP contribution in [0, 0.1) is 10.1 Å². The van der Waals surface area contributed by atoms with E-state index >= 15 is 0 Å². The lowest BCUT2D eigenvalue weighted by Gasteiger charge is -2.24.